The summed E-state index contributed by atoms with van der Waals surface area (Å²) < 4.78 is 230. The van der Waals surface area contributed by atoms with Crippen molar-refractivity contribution in [3.8, 4) is 0 Å². The molecule has 135 heavy (non-hydrogen) atoms. The molecular formula is C93H157NO41. The zero-order valence-corrected chi connectivity index (χ0v) is 79.8. The van der Waals surface area contributed by atoms with Gasteiger partial charge in [0.05, 0.1) is 426 Å². The van der Waals surface area contributed by atoms with Crippen molar-refractivity contribution in [1.82, 2.24) is 4.90 Å². The minimum absolute atomic E-state index is 0.0985. The molecular weight excluding hydrogens is 1790 g/mol. The van der Waals surface area contributed by atoms with E-state index in [1.165, 1.54) is 0 Å². The molecule has 0 aromatic heterocycles. The number of rotatable bonds is 88. The Morgan fingerprint density at radius 2 is 0.341 bits per heavy atom. The van der Waals surface area contributed by atoms with Crippen LogP contribution < -0.4 is 0 Å². The minimum atomic E-state index is -0.529. The van der Waals surface area contributed by atoms with E-state index in [0.29, 0.717) is 346 Å². The number of ether oxygens (including phenoxy) is 41. The molecule has 20 heterocycles. The van der Waals surface area contributed by atoms with Crippen molar-refractivity contribution in [3.05, 3.63) is 0 Å². The van der Waals surface area contributed by atoms with Crippen molar-refractivity contribution >= 4 is 0 Å². The van der Waals surface area contributed by atoms with Crippen molar-refractivity contribution in [1.29, 1.82) is 0 Å². The summed E-state index contributed by atoms with van der Waals surface area (Å²) in [6.45, 7) is 45.0. The van der Waals surface area contributed by atoms with Gasteiger partial charge in [-0.25, -0.2) is 0 Å². The van der Waals surface area contributed by atoms with E-state index in [9.17, 15) is 0 Å². The first-order valence-corrected chi connectivity index (χ1v) is 49.6. The number of hydrogen-bond acceptors (Lipinski definition) is 42. The molecule has 20 atom stereocenters. The van der Waals surface area contributed by atoms with Gasteiger partial charge in [-0.2, -0.15) is 0 Å². The zero-order chi connectivity index (χ0) is 92.2. The highest BCUT2D eigenvalue weighted by atomic mass is 16.7. The Morgan fingerprint density at radius 1 is 0.193 bits per heavy atom. The van der Waals surface area contributed by atoms with E-state index in [2.05, 4.69) is 18.7 Å². The molecule has 0 amide bonds. The van der Waals surface area contributed by atoms with Crippen LogP contribution in [-0.4, -0.2) is 555 Å². The molecule has 20 unspecified atom stereocenters. The second-order valence-corrected chi connectivity index (χ2v) is 39.8. The topological polar surface area (TPSA) is 448 Å². The third kappa shape index (κ3) is 49.9. The second-order valence-electron chi connectivity index (χ2n) is 39.8. The van der Waals surface area contributed by atoms with Gasteiger partial charge in [0.15, 0.2) is 0 Å². The van der Waals surface area contributed by atoms with Crippen molar-refractivity contribution in [3.63, 3.8) is 0 Å². The summed E-state index contributed by atoms with van der Waals surface area (Å²) in [7, 11) is 0. The van der Waals surface area contributed by atoms with Crippen LogP contribution in [0, 0.1) is 27.6 Å². The fourth-order valence-electron chi connectivity index (χ4n) is 13.9. The molecule has 42 nitrogen and oxygen atoms in total. The van der Waals surface area contributed by atoms with Crippen LogP contribution in [0.1, 0.15) is 20.3 Å². The Labute approximate surface area is 794 Å². The summed E-state index contributed by atoms with van der Waals surface area (Å²) in [6.07, 6.45) is 5.66. The maximum Gasteiger partial charge on any atom is 0.104 e. The van der Waals surface area contributed by atoms with E-state index >= 15 is 0 Å². The minimum Gasteiger partial charge on any atom is -0.380 e. The number of nitrogens with zero attached hydrogens (tertiary/aromatic N) is 1. The van der Waals surface area contributed by atoms with Crippen molar-refractivity contribution in [2.75, 3.05) is 423 Å². The van der Waals surface area contributed by atoms with Crippen LogP contribution in [0.5, 0.6) is 0 Å². The van der Waals surface area contributed by atoms with Gasteiger partial charge in [0.25, 0.3) is 0 Å². The average molecular weight is 1950 g/mol. The predicted molar refractivity (Wildman–Crippen MR) is 465 cm³/mol. The van der Waals surface area contributed by atoms with Gasteiger partial charge < -0.3 is 194 Å². The van der Waals surface area contributed by atoms with E-state index in [1.54, 1.807) is 0 Å². The molecule has 0 radical (unpaired) electrons. The van der Waals surface area contributed by atoms with Crippen LogP contribution in [0.15, 0.2) is 0 Å². The lowest BCUT2D eigenvalue weighted by atomic mass is 9.88. The third-order valence-corrected chi connectivity index (χ3v) is 24.6. The van der Waals surface area contributed by atoms with Crippen LogP contribution in [0.25, 0.3) is 0 Å². The highest BCUT2D eigenvalue weighted by molar-refractivity contribution is 4.95. The summed E-state index contributed by atoms with van der Waals surface area (Å²) in [5.41, 5.74) is -1.80. The Hall–Kier alpha value is -1.68. The van der Waals surface area contributed by atoms with E-state index in [-0.39, 0.29) is 83.9 Å². The summed E-state index contributed by atoms with van der Waals surface area (Å²) in [5, 5.41) is 0. The SMILES string of the molecule is C(CN(CCOCC1CO1)C(COCC1CO1)(COCC1CO1)COCC1CO1)OCC1CO1.C(OCC(COCC1CO1)(COCC1CO1)COCC(COCC1CO1)(COCC1CO1)COCC1CO1)C1CO1.C(OCC1CO1)C(COCC1CO1)COCC1CO1.CC(COCC1CO1)(COCC1CO1)COCC1CO1.CCC(COCC1CO1)(COCC1CO1)COCC1CO1. The first-order valence-electron chi connectivity index (χ1n) is 49.6. The molecule has 20 aliphatic rings. The molecule has 0 aromatic rings. The first-order chi connectivity index (χ1) is 66.4. The van der Waals surface area contributed by atoms with E-state index < -0.39 is 16.4 Å². The fourth-order valence-corrected chi connectivity index (χ4v) is 13.9. The Kier molecular flexibility index (Phi) is 44.7. The van der Waals surface area contributed by atoms with Crippen LogP contribution in [0.4, 0.5) is 0 Å². The highest BCUT2D eigenvalue weighted by Gasteiger charge is 2.46. The smallest absolute Gasteiger partial charge is 0.104 e. The predicted octanol–water partition coefficient (Wildman–Crippen LogP) is -0.711. The highest BCUT2D eigenvalue weighted by Crippen LogP contribution is 2.33. The molecule has 0 spiro atoms. The van der Waals surface area contributed by atoms with Gasteiger partial charge in [-0.3, -0.25) is 4.90 Å². The maximum absolute atomic E-state index is 6.54. The standard InChI is InChI=1S/C28H46O13.C23H39NO10.C15H26O6.C14H24O6.C13H22O6/c1(21-7-36-21)29-13-27(14-30-2-22-8-37-22,15-31-3-23-9-38-23)19-35-20-28(16-32-4-24-10-39-24,17-33-5-25-11-40-25)18-34-6-26-12-41-26;1(3-25-5-18-10-30-18)24(2-4-26-6-19-11-31-19)23(15-27-7-20-12-32-20,16-28-8-21-13-33-21)17-29-9-22-14-34-22;1-2-15(9-16-3-12-6-19-12,10-17-4-13-7-20-13)11-18-5-14-8-21-14;1-14(8-15-2-11-5-18-11,9-16-3-12-6-19-12)10-17-4-13-7-20-13;1(14-4-11-7-17-11)10(2-15-5-12-8-18-12)3-16-6-13-9-19-13/h21-26H,1-20H2;18-22H,1-17H2;12-14H,2-11H2,1H3;11-13H,2-10H2,1H3;10-13H,1-9H2. The molecule has 780 valence electrons. The quantitative estimate of drug-likeness (QED) is 0.0536. The van der Waals surface area contributed by atoms with Gasteiger partial charge >= 0.3 is 0 Å². The maximum atomic E-state index is 6.54. The molecule has 0 aliphatic carbocycles. The monoisotopic (exact) mass is 1940 g/mol. The molecule has 0 bridgehead atoms. The van der Waals surface area contributed by atoms with Crippen LogP contribution in [0.2, 0.25) is 0 Å². The average Bonchev–Trinajstić information content (AvgIpc) is 1.51. The molecule has 20 rings (SSSR count). The summed E-state index contributed by atoms with van der Waals surface area (Å²) in [4.78, 5) is 2.34. The van der Waals surface area contributed by atoms with E-state index in [0.717, 1.165) is 139 Å². The van der Waals surface area contributed by atoms with Gasteiger partial charge in [-0.1, -0.05) is 13.8 Å². The van der Waals surface area contributed by atoms with Gasteiger partial charge in [0.2, 0.25) is 0 Å². The largest absolute Gasteiger partial charge is 0.380 e. The third-order valence-electron chi connectivity index (χ3n) is 24.6. The Bertz CT molecular complexity index is 2780. The summed E-state index contributed by atoms with van der Waals surface area (Å²) in [6, 6.07) is 0. The van der Waals surface area contributed by atoms with Gasteiger partial charge in [0, 0.05) is 29.8 Å². The normalized spacial score (nSPS) is 33.2. The molecule has 20 aliphatic heterocycles. The van der Waals surface area contributed by atoms with Crippen LogP contribution in [-0.2, 0) is 194 Å². The Morgan fingerprint density at radius 3 is 0.519 bits per heavy atom. The summed E-state index contributed by atoms with van der Waals surface area (Å²) >= 11 is 0. The molecule has 20 saturated heterocycles. The van der Waals surface area contributed by atoms with Crippen LogP contribution >= 0.6 is 0 Å². The second kappa shape index (κ2) is 56.9. The van der Waals surface area contributed by atoms with Gasteiger partial charge in [-0.15, -0.1) is 0 Å². The Balaban J connectivity index is 0.000000127. The molecule has 0 aromatic carbocycles. The van der Waals surface area contributed by atoms with Gasteiger partial charge in [-0.05, 0) is 6.42 Å². The van der Waals surface area contributed by atoms with E-state index in [4.69, 9.17) is 194 Å². The fraction of sp³-hybridized carbons (Fsp3) is 1.00. The number of epoxide rings is 20. The lowest BCUT2D eigenvalue weighted by Crippen LogP contribution is -2.60. The molecule has 0 saturated carbocycles. The lowest BCUT2D eigenvalue weighted by Gasteiger charge is -2.43. The summed E-state index contributed by atoms with van der Waals surface area (Å²) in [5.74, 6) is 0.260. The van der Waals surface area contributed by atoms with Crippen LogP contribution in [0.3, 0.4) is 0 Å². The van der Waals surface area contributed by atoms with Crippen molar-refractivity contribution in [2.45, 2.75) is 148 Å². The molecule has 0 N–H and O–H groups in total. The first kappa shape index (κ1) is 106. The number of hydrogen-bond donors (Lipinski definition) is 0. The molecule has 20 fully saturated rings. The van der Waals surface area contributed by atoms with Crippen molar-refractivity contribution in [2.24, 2.45) is 27.6 Å². The zero-order valence-electron chi connectivity index (χ0n) is 79.8. The van der Waals surface area contributed by atoms with Crippen molar-refractivity contribution < 1.29 is 194 Å². The van der Waals surface area contributed by atoms with Gasteiger partial charge in [0.1, 0.15) is 122 Å². The van der Waals surface area contributed by atoms with E-state index in [1.807, 2.05) is 0 Å². The lowest BCUT2D eigenvalue weighted by molar-refractivity contribution is -0.144. The molecule has 42 heteroatoms.